The van der Waals surface area contributed by atoms with Gasteiger partial charge in [0, 0.05) is 34.0 Å². The molecule has 0 saturated carbocycles. The number of aromatic amines is 2. The first-order chi connectivity index (χ1) is 9.61. The van der Waals surface area contributed by atoms with Crippen LogP contribution in [-0.4, -0.2) is 31.7 Å². The van der Waals surface area contributed by atoms with Crippen LogP contribution in [0.4, 0.5) is 5.69 Å². The molecular weight excluding hydrogens is 278 g/mol. The average molecular weight is 293 g/mol. The molecule has 1 aromatic carbocycles. The zero-order chi connectivity index (χ0) is 14.1. The van der Waals surface area contributed by atoms with Gasteiger partial charge in [0.05, 0.1) is 11.0 Å². The Hall–Kier alpha value is -1.89. The summed E-state index contributed by atoms with van der Waals surface area (Å²) in [5, 5.41) is 3.38. The molecule has 3 N–H and O–H groups in total. The molecule has 0 amide bonds. The van der Waals surface area contributed by atoms with E-state index in [4.69, 9.17) is 0 Å². The van der Waals surface area contributed by atoms with Crippen molar-refractivity contribution in [2.75, 3.05) is 16.8 Å². The number of H-pyrrole nitrogens is 2. The van der Waals surface area contributed by atoms with Crippen molar-refractivity contribution >= 4 is 27.5 Å². The Morgan fingerprint density at radius 3 is 2.40 bits per heavy atom. The van der Waals surface area contributed by atoms with E-state index in [1.54, 1.807) is 12.1 Å². The van der Waals surface area contributed by atoms with E-state index in [0.717, 1.165) is 30.0 Å². The first kappa shape index (κ1) is 13.1. The quantitative estimate of drug-likeness (QED) is 0.704. The SMILES string of the molecule is O=c1[nH]c2ccc(NC3CCS(=O)CC3)cc2[nH]c1=O. The third-order valence-electron chi connectivity index (χ3n) is 3.48. The summed E-state index contributed by atoms with van der Waals surface area (Å²) in [6, 6.07) is 5.73. The summed E-state index contributed by atoms with van der Waals surface area (Å²) in [5.41, 5.74) is 0.789. The van der Waals surface area contributed by atoms with Crippen molar-refractivity contribution in [2.24, 2.45) is 0 Å². The highest BCUT2D eigenvalue weighted by atomic mass is 32.2. The van der Waals surface area contributed by atoms with E-state index in [0.29, 0.717) is 17.1 Å². The van der Waals surface area contributed by atoms with Gasteiger partial charge in [-0.15, -0.1) is 0 Å². The van der Waals surface area contributed by atoms with Crippen molar-refractivity contribution in [1.82, 2.24) is 9.97 Å². The Balaban J connectivity index is 1.85. The van der Waals surface area contributed by atoms with E-state index < -0.39 is 21.9 Å². The van der Waals surface area contributed by atoms with Crippen LogP contribution in [0.1, 0.15) is 12.8 Å². The summed E-state index contributed by atoms with van der Waals surface area (Å²) in [4.78, 5) is 27.6. The number of fused-ring (bicyclic) bond motifs is 1. The Labute approximate surface area is 117 Å². The average Bonchev–Trinajstić information content (AvgIpc) is 2.43. The van der Waals surface area contributed by atoms with Gasteiger partial charge in [-0.05, 0) is 31.0 Å². The molecule has 0 atom stereocenters. The van der Waals surface area contributed by atoms with Gasteiger partial charge < -0.3 is 15.3 Å². The smallest absolute Gasteiger partial charge is 0.314 e. The van der Waals surface area contributed by atoms with Crippen LogP contribution in [-0.2, 0) is 10.8 Å². The third kappa shape index (κ3) is 2.67. The molecule has 3 rings (SSSR count). The van der Waals surface area contributed by atoms with Crippen LogP contribution in [0.2, 0.25) is 0 Å². The number of benzene rings is 1. The molecule has 20 heavy (non-hydrogen) atoms. The first-order valence-electron chi connectivity index (χ1n) is 6.50. The minimum atomic E-state index is -0.674. The molecule has 106 valence electrons. The molecule has 1 fully saturated rings. The molecule has 1 saturated heterocycles. The topological polar surface area (TPSA) is 94.8 Å². The number of nitrogens with one attached hydrogen (secondary N) is 3. The lowest BCUT2D eigenvalue weighted by Gasteiger charge is -2.23. The van der Waals surface area contributed by atoms with E-state index in [1.807, 2.05) is 6.07 Å². The fourth-order valence-corrected chi connectivity index (χ4v) is 3.68. The lowest BCUT2D eigenvalue weighted by atomic mass is 10.1. The van der Waals surface area contributed by atoms with Crippen LogP contribution in [0.25, 0.3) is 11.0 Å². The van der Waals surface area contributed by atoms with Gasteiger partial charge in [0.25, 0.3) is 0 Å². The summed E-state index contributed by atoms with van der Waals surface area (Å²) in [6.07, 6.45) is 1.76. The lowest BCUT2D eigenvalue weighted by molar-refractivity contribution is 0.624. The van der Waals surface area contributed by atoms with Crippen LogP contribution in [0.5, 0.6) is 0 Å². The summed E-state index contributed by atoms with van der Waals surface area (Å²) in [6.45, 7) is 0. The molecule has 2 aromatic rings. The summed E-state index contributed by atoms with van der Waals surface area (Å²) in [7, 11) is -0.674. The highest BCUT2D eigenvalue weighted by Crippen LogP contribution is 2.18. The van der Waals surface area contributed by atoms with Crippen molar-refractivity contribution < 1.29 is 4.21 Å². The number of aromatic nitrogens is 2. The predicted molar refractivity (Wildman–Crippen MR) is 79.7 cm³/mol. The van der Waals surface area contributed by atoms with Crippen LogP contribution < -0.4 is 16.4 Å². The summed E-state index contributed by atoms with van der Waals surface area (Å²) >= 11 is 0. The maximum Gasteiger partial charge on any atom is 0.314 e. The lowest BCUT2D eigenvalue weighted by Crippen LogP contribution is -2.30. The van der Waals surface area contributed by atoms with Gasteiger partial charge in [-0.3, -0.25) is 13.8 Å². The molecule has 0 spiro atoms. The second-order valence-electron chi connectivity index (χ2n) is 4.94. The van der Waals surface area contributed by atoms with Crippen LogP contribution >= 0.6 is 0 Å². The second kappa shape index (κ2) is 5.24. The van der Waals surface area contributed by atoms with E-state index in [2.05, 4.69) is 15.3 Å². The van der Waals surface area contributed by atoms with E-state index in [-0.39, 0.29) is 0 Å². The standard InChI is InChI=1S/C13H15N3O3S/c17-12-13(18)16-11-7-9(1-2-10(11)15-12)14-8-3-5-20(19)6-4-8/h1-2,7-8,14H,3-6H2,(H,15,17)(H,16,18). The molecule has 7 heteroatoms. The van der Waals surface area contributed by atoms with E-state index in [9.17, 15) is 13.8 Å². The monoisotopic (exact) mass is 293 g/mol. The van der Waals surface area contributed by atoms with Crippen molar-refractivity contribution in [3.05, 3.63) is 38.9 Å². The number of hydrogen-bond acceptors (Lipinski definition) is 4. The van der Waals surface area contributed by atoms with Gasteiger partial charge in [0.1, 0.15) is 0 Å². The van der Waals surface area contributed by atoms with Crippen molar-refractivity contribution in [3.8, 4) is 0 Å². The predicted octanol–water partition coefficient (Wildman–Crippen LogP) is 0.539. The molecule has 2 heterocycles. The Morgan fingerprint density at radius 1 is 1.05 bits per heavy atom. The largest absolute Gasteiger partial charge is 0.382 e. The number of rotatable bonds is 2. The Bertz CT molecular complexity index is 770. The van der Waals surface area contributed by atoms with Gasteiger partial charge >= 0.3 is 11.1 Å². The Morgan fingerprint density at radius 2 is 1.70 bits per heavy atom. The van der Waals surface area contributed by atoms with Crippen LogP contribution in [0.15, 0.2) is 27.8 Å². The highest BCUT2D eigenvalue weighted by Gasteiger charge is 2.17. The van der Waals surface area contributed by atoms with Crippen LogP contribution in [0, 0.1) is 0 Å². The minimum absolute atomic E-state index is 0.305. The molecule has 1 aliphatic heterocycles. The molecule has 0 radical (unpaired) electrons. The van der Waals surface area contributed by atoms with Gasteiger partial charge in [-0.1, -0.05) is 0 Å². The number of anilines is 1. The van der Waals surface area contributed by atoms with Crippen LogP contribution in [0.3, 0.4) is 0 Å². The molecule has 1 aliphatic rings. The fourth-order valence-electron chi connectivity index (χ4n) is 2.38. The molecular formula is C13H15N3O3S. The molecule has 6 nitrogen and oxygen atoms in total. The van der Waals surface area contributed by atoms with Gasteiger partial charge in [-0.25, -0.2) is 0 Å². The van der Waals surface area contributed by atoms with Crippen molar-refractivity contribution in [2.45, 2.75) is 18.9 Å². The zero-order valence-electron chi connectivity index (χ0n) is 10.8. The van der Waals surface area contributed by atoms with Gasteiger partial charge in [0.15, 0.2) is 0 Å². The Kier molecular flexibility index (Phi) is 3.43. The zero-order valence-corrected chi connectivity index (χ0v) is 11.6. The number of hydrogen-bond donors (Lipinski definition) is 3. The maximum absolute atomic E-state index is 11.3. The fraction of sp³-hybridized carbons (Fsp3) is 0.385. The first-order valence-corrected chi connectivity index (χ1v) is 7.98. The normalized spacial score (nSPS) is 22.8. The highest BCUT2D eigenvalue weighted by molar-refractivity contribution is 7.85. The van der Waals surface area contributed by atoms with Gasteiger partial charge in [-0.2, -0.15) is 0 Å². The minimum Gasteiger partial charge on any atom is -0.382 e. The van der Waals surface area contributed by atoms with Crippen molar-refractivity contribution in [3.63, 3.8) is 0 Å². The summed E-state index contributed by atoms with van der Waals surface area (Å²) < 4.78 is 11.3. The molecule has 1 aromatic heterocycles. The molecule has 0 bridgehead atoms. The maximum atomic E-state index is 11.3. The third-order valence-corrected chi connectivity index (χ3v) is 4.86. The van der Waals surface area contributed by atoms with E-state index in [1.165, 1.54) is 0 Å². The van der Waals surface area contributed by atoms with Gasteiger partial charge in [0.2, 0.25) is 0 Å². The van der Waals surface area contributed by atoms with Crippen molar-refractivity contribution in [1.29, 1.82) is 0 Å². The summed E-state index contributed by atoms with van der Waals surface area (Å²) in [5.74, 6) is 1.46. The molecule has 0 unspecified atom stereocenters. The second-order valence-corrected chi connectivity index (χ2v) is 6.63. The van der Waals surface area contributed by atoms with E-state index >= 15 is 0 Å². The molecule has 0 aliphatic carbocycles.